The fraction of sp³-hybridized carbons (Fsp3) is 1.00. The van der Waals surface area contributed by atoms with Crippen LogP contribution in [0.1, 0.15) is 19.3 Å². The maximum absolute atomic E-state index is 10.5. The van der Waals surface area contributed by atoms with Crippen LogP contribution in [0.2, 0.25) is 0 Å². The van der Waals surface area contributed by atoms with Gasteiger partial charge >= 0.3 is 0 Å². The number of ether oxygens (including phenoxy) is 3. The summed E-state index contributed by atoms with van der Waals surface area (Å²) in [6, 6.07) is -0.403. The molecule has 2 heterocycles. The van der Waals surface area contributed by atoms with E-state index >= 15 is 0 Å². The molecule has 2 aliphatic rings. The van der Waals surface area contributed by atoms with Crippen LogP contribution in [0.5, 0.6) is 0 Å². The van der Waals surface area contributed by atoms with Crippen LogP contribution < -0.4 is 0 Å². The van der Waals surface area contributed by atoms with E-state index in [1.807, 2.05) is 0 Å². The molecule has 5 atom stereocenters. The smallest absolute Gasteiger partial charge is 0.161 e. The van der Waals surface area contributed by atoms with Crippen LogP contribution in [0.15, 0.2) is 10.4 Å². The van der Waals surface area contributed by atoms with Crippen molar-refractivity contribution in [3.63, 3.8) is 0 Å². The van der Waals surface area contributed by atoms with Gasteiger partial charge in [-0.05, 0) is 0 Å². The van der Waals surface area contributed by atoms with E-state index in [0.717, 1.165) is 0 Å². The average Bonchev–Trinajstić information content (AvgIpc) is 2.38. The Morgan fingerprint density at radius 3 is 2.79 bits per heavy atom. The van der Waals surface area contributed by atoms with E-state index < -0.39 is 24.5 Å². The van der Waals surface area contributed by atoms with Crippen molar-refractivity contribution in [1.82, 2.24) is 0 Å². The van der Waals surface area contributed by atoms with Crippen LogP contribution in [-0.4, -0.2) is 55.5 Å². The number of aliphatic hydroxyl groups is 1. The van der Waals surface area contributed by atoms with Crippen LogP contribution >= 0.6 is 0 Å². The van der Waals surface area contributed by atoms with E-state index in [1.165, 1.54) is 0 Å². The number of nitrogens with zero attached hydrogens (tertiary/aromatic N) is 2. The highest BCUT2D eigenvalue weighted by Crippen LogP contribution is 2.24. The predicted molar refractivity (Wildman–Crippen MR) is 64.5 cm³/mol. The van der Waals surface area contributed by atoms with Gasteiger partial charge in [-0.25, -0.2) is 0 Å². The molecule has 2 rings (SSSR count). The van der Waals surface area contributed by atoms with Crippen molar-refractivity contribution < 1.29 is 19.3 Å². The first kappa shape index (κ1) is 14.4. The molecule has 1 N–H and O–H groups in total. The van der Waals surface area contributed by atoms with E-state index in [4.69, 9.17) is 14.2 Å². The Morgan fingerprint density at radius 2 is 2.05 bits per heavy atom. The second kappa shape index (κ2) is 6.99. The third-order valence-corrected chi connectivity index (χ3v) is 3.26. The highest BCUT2D eigenvalue weighted by molar-refractivity contribution is 4.79. The summed E-state index contributed by atoms with van der Waals surface area (Å²) >= 11 is 0. The molecule has 0 aromatic rings. The molecule has 0 bridgehead atoms. The topological polar surface area (TPSA) is 107 Å². The van der Waals surface area contributed by atoms with Crippen molar-refractivity contribution in [3.8, 4) is 0 Å². The minimum atomic E-state index is -0.602. The fourth-order valence-corrected chi connectivity index (χ4v) is 2.39. The molecule has 0 saturated carbocycles. The minimum absolute atomic E-state index is 0.00337. The maximum Gasteiger partial charge on any atom is 0.161 e. The Labute approximate surface area is 110 Å². The Morgan fingerprint density at radius 1 is 1.21 bits per heavy atom. The van der Waals surface area contributed by atoms with Gasteiger partial charge in [0, 0.05) is 19.3 Å². The van der Waals surface area contributed by atoms with Crippen molar-refractivity contribution in [2.45, 2.75) is 49.9 Å². The van der Waals surface area contributed by atoms with E-state index in [9.17, 15) is 14.9 Å². The molecule has 8 heteroatoms. The molecule has 8 nitrogen and oxygen atoms in total. The third-order valence-electron chi connectivity index (χ3n) is 3.26. The van der Waals surface area contributed by atoms with Gasteiger partial charge in [0.1, 0.15) is 12.6 Å². The molecule has 0 unspecified atom stereocenters. The Balaban J connectivity index is 1.83. The molecule has 0 amide bonds. The van der Waals surface area contributed by atoms with Gasteiger partial charge in [-0.1, -0.05) is 10.4 Å². The van der Waals surface area contributed by atoms with Crippen molar-refractivity contribution in [1.29, 1.82) is 0 Å². The van der Waals surface area contributed by atoms with E-state index in [2.05, 4.69) is 10.4 Å². The van der Waals surface area contributed by atoms with Gasteiger partial charge in [0.2, 0.25) is 0 Å². The monoisotopic (exact) mass is 274 g/mol. The second-order valence-electron chi connectivity index (χ2n) is 4.92. The lowest BCUT2D eigenvalue weighted by molar-refractivity contribution is -0.243. The van der Waals surface area contributed by atoms with Crippen molar-refractivity contribution in [2.24, 2.45) is 10.4 Å². The lowest BCUT2D eigenvalue weighted by Crippen LogP contribution is -2.43. The van der Waals surface area contributed by atoms with Crippen LogP contribution in [0.3, 0.4) is 0 Å². The largest absolute Gasteiger partial charge is 0.393 e. The summed E-state index contributed by atoms with van der Waals surface area (Å²) < 4.78 is 16.4. The van der Waals surface area contributed by atoms with Crippen LogP contribution in [0, 0.1) is 9.81 Å². The SMILES string of the molecule is O=NC[C@H]1C[C@@H](O)C[C@@H](O[C@H]2COC[C@@H](N=O)C2)O1. The Hall–Kier alpha value is -0.960. The Bertz CT molecular complexity index is 316. The van der Waals surface area contributed by atoms with Gasteiger partial charge in [0.05, 0.1) is 31.5 Å². The van der Waals surface area contributed by atoms with Crippen LogP contribution in [-0.2, 0) is 14.2 Å². The number of rotatable bonds is 5. The zero-order chi connectivity index (χ0) is 13.7. The first-order chi connectivity index (χ1) is 9.21. The molecule has 0 aliphatic carbocycles. The second-order valence-corrected chi connectivity index (χ2v) is 4.92. The number of nitroso groups, excluding NO2 is 2. The maximum atomic E-state index is 10.5. The van der Waals surface area contributed by atoms with Gasteiger partial charge in [-0.2, -0.15) is 9.81 Å². The molecule has 0 aromatic carbocycles. The van der Waals surface area contributed by atoms with Gasteiger partial charge in [0.25, 0.3) is 0 Å². The summed E-state index contributed by atoms with van der Waals surface area (Å²) in [5.41, 5.74) is 0. The molecule has 0 aromatic heterocycles. The minimum Gasteiger partial charge on any atom is -0.393 e. The first-order valence-electron chi connectivity index (χ1n) is 6.39. The molecule has 108 valence electrons. The van der Waals surface area contributed by atoms with Crippen molar-refractivity contribution in [3.05, 3.63) is 9.81 Å². The van der Waals surface area contributed by atoms with E-state index in [0.29, 0.717) is 32.5 Å². The Kier molecular flexibility index (Phi) is 5.32. The number of hydrogen-bond acceptors (Lipinski definition) is 8. The third kappa shape index (κ3) is 4.27. The molecular formula is C11H18N2O6. The van der Waals surface area contributed by atoms with E-state index in [-0.39, 0.29) is 12.6 Å². The van der Waals surface area contributed by atoms with Gasteiger partial charge < -0.3 is 19.3 Å². The van der Waals surface area contributed by atoms with Crippen molar-refractivity contribution in [2.75, 3.05) is 19.8 Å². The molecule has 0 radical (unpaired) electrons. The quantitative estimate of drug-likeness (QED) is 0.734. The van der Waals surface area contributed by atoms with Gasteiger partial charge in [-0.3, -0.25) is 0 Å². The lowest BCUT2D eigenvalue weighted by Gasteiger charge is -2.35. The summed E-state index contributed by atoms with van der Waals surface area (Å²) in [4.78, 5) is 20.7. The van der Waals surface area contributed by atoms with Gasteiger partial charge in [0.15, 0.2) is 6.29 Å². The highest BCUT2D eigenvalue weighted by atomic mass is 16.7. The lowest BCUT2D eigenvalue weighted by atomic mass is 10.0. The summed E-state index contributed by atoms with van der Waals surface area (Å²) in [5, 5.41) is 15.4. The average molecular weight is 274 g/mol. The van der Waals surface area contributed by atoms with Crippen LogP contribution in [0.25, 0.3) is 0 Å². The predicted octanol–water partition coefficient (Wildman–Crippen LogP) is 0.559. The zero-order valence-electron chi connectivity index (χ0n) is 10.5. The molecular weight excluding hydrogens is 256 g/mol. The molecule has 2 aliphatic heterocycles. The number of aliphatic hydroxyl groups excluding tert-OH is 1. The molecule has 0 spiro atoms. The molecule has 19 heavy (non-hydrogen) atoms. The summed E-state index contributed by atoms with van der Waals surface area (Å²) in [7, 11) is 0. The van der Waals surface area contributed by atoms with Gasteiger partial charge in [-0.15, -0.1) is 0 Å². The highest BCUT2D eigenvalue weighted by Gasteiger charge is 2.33. The molecule has 2 saturated heterocycles. The van der Waals surface area contributed by atoms with E-state index in [1.54, 1.807) is 0 Å². The fourth-order valence-electron chi connectivity index (χ4n) is 2.39. The summed E-state index contributed by atoms with van der Waals surface area (Å²) in [6.45, 7) is 0.685. The number of hydrogen-bond donors (Lipinski definition) is 1. The normalized spacial score (nSPS) is 39.7. The first-order valence-corrected chi connectivity index (χ1v) is 6.39. The summed E-state index contributed by atoms with van der Waals surface area (Å²) in [5.74, 6) is 0. The molecule has 2 fully saturated rings. The van der Waals surface area contributed by atoms with Crippen LogP contribution in [0.4, 0.5) is 0 Å². The zero-order valence-corrected chi connectivity index (χ0v) is 10.5. The standard InChI is InChI=1S/C11H18N2O6/c14-8-2-9(4-12-15)18-11(3-8)19-10-1-7(13-16)5-17-6-10/h7-11,14H,1-6H2/t7-,8+,9+,10+,11+/m0/s1. The van der Waals surface area contributed by atoms with Crippen molar-refractivity contribution >= 4 is 0 Å². The summed E-state index contributed by atoms with van der Waals surface area (Å²) in [6.07, 6.45) is -0.677.